The van der Waals surface area contributed by atoms with Crippen molar-refractivity contribution >= 4 is 52.3 Å². The standard InChI is InChI=1S/C22H23Cl2NO.C15H19Cl2N/c1-2-3-12-22(18-10-11-19(23)20(24)15-18)13-7-14-25(16-22)21(26)17-8-5-4-6-9-17;1-2-3-7-15(8-4-9-18-11-15)12-5-6-13(16)14(17)10-12/h2,4-6,8-11,15H,1,3,7,12-14,16H2;2,5-6,10,18H,1,3-4,7-9,11H2. The van der Waals surface area contributed by atoms with Crippen LogP contribution in [0.3, 0.4) is 0 Å². The number of nitrogens with one attached hydrogen (secondary N) is 1. The van der Waals surface area contributed by atoms with Crippen LogP contribution in [0.4, 0.5) is 0 Å². The normalized spacial score (nSPS) is 21.6. The van der Waals surface area contributed by atoms with Crippen molar-refractivity contribution in [1.29, 1.82) is 0 Å². The van der Waals surface area contributed by atoms with Gasteiger partial charge in [-0.15, -0.1) is 13.2 Å². The summed E-state index contributed by atoms with van der Waals surface area (Å²) in [5, 5.41) is 5.91. The van der Waals surface area contributed by atoms with E-state index in [0.29, 0.717) is 26.6 Å². The Balaban J connectivity index is 0.000000215. The van der Waals surface area contributed by atoms with E-state index in [1.807, 2.05) is 77.7 Å². The number of benzene rings is 3. The molecule has 1 N–H and O–H groups in total. The highest BCUT2D eigenvalue weighted by atomic mass is 35.5. The third-order valence-electron chi connectivity index (χ3n) is 9.08. The van der Waals surface area contributed by atoms with Gasteiger partial charge in [0.1, 0.15) is 0 Å². The van der Waals surface area contributed by atoms with Crippen molar-refractivity contribution in [3.8, 4) is 0 Å². The lowest BCUT2D eigenvalue weighted by Crippen LogP contribution is -2.48. The molecule has 0 bridgehead atoms. The molecule has 0 spiro atoms. The molecule has 2 unspecified atom stereocenters. The number of carbonyl (C=O) groups excluding carboxylic acids is 1. The molecular weight excluding hydrogens is 630 g/mol. The van der Waals surface area contributed by atoms with Crippen molar-refractivity contribution in [2.24, 2.45) is 0 Å². The molecule has 234 valence electrons. The first kappa shape index (κ1) is 34.6. The van der Waals surface area contributed by atoms with Crippen molar-refractivity contribution in [3.63, 3.8) is 0 Å². The molecule has 2 aliphatic rings. The minimum Gasteiger partial charge on any atom is -0.338 e. The van der Waals surface area contributed by atoms with Crippen LogP contribution < -0.4 is 5.32 Å². The summed E-state index contributed by atoms with van der Waals surface area (Å²) in [7, 11) is 0. The number of amides is 1. The second-order valence-corrected chi connectivity index (χ2v) is 13.6. The number of hydrogen-bond acceptors (Lipinski definition) is 2. The van der Waals surface area contributed by atoms with Gasteiger partial charge in [-0.1, -0.05) is 88.9 Å². The van der Waals surface area contributed by atoms with Crippen LogP contribution in [0.25, 0.3) is 0 Å². The number of allylic oxidation sites excluding steroid dienone is 2. The van der Waals surface area contributed by atoms with E-state index in [1.165, 1.54) is 18.4 Å². The predicted octanol–water partition coefficient (Wildman–Crippen LogP) is 10.7. The molecule has 5 rings (SSSR count). The quantitative estimate of drug-likeness (QED) is 0.230. The Morgan fingerprint density at radius 2 is 1.34 bits per heavy atom. The van der Waals surface area contributed by atoms with Gasteiger partial charge in [0.05, 0.1) is 20.1 Å². The number of halogens is 4. The maximum absolute atomic E-state index is 13.0. The molecule has 44 heavy (non-hydrogen) atoms. The highest BCUT2D eigenvalue weighted by Gasteiger charge is 2.38. The summed E-state index contributed by atoms with van der Waals surface area (Å²) in [4.78, 5) is 14.9. The number of nitrogens with zero attached hydrogens (tertiary/aromatic N) is 1. The van der Waals surface area contributed by atoms with Gasteiger partial charge in [0.2, 0.25) is 0 Å². The Bertz CT molecular complexity index is 1420. The Morgan fingerprint density at radius 3 is 1.89 bits per heavy atom. The average Bonchev–Trinajstić information content (AvgIpc) is 3.06. The van der Waals surface area contributed by atoms with E-state index in [4.69, 9.17) is 46.4 Å². The molecule has 0 radical (unpaired) electrons. The van der Waals surface area contributed by atoms with E-state index in [0.717, 1.165) is 69.3 Å². The lowest BCUT2D eigenvalue weighted by molar-refractivity contribution is 0.0627. The zero-order chi connectivity index (χ0) is 31.6. The van der Waals surface area contributed by atoms with E-state index in [2.05, 4.69) is 24.5 Å². The molecule has 3 nitrogen and oxygen atoms in total. The zero-order valence-corrected chi connectivity index (χ0v) is 28.3. The van der Waals surface area contributed by atoms with Gasteiger partial charge < -0.3 is 10.2 Å². The van der Waals surface area contributed by atoms with Gasteiger partial charge in [-0.2, -0.15) is 0 Å². The van der Waals surface area contributed by atoms with Crippen LogP contribution >= 0.6 is 46.4 Å². The number of hydrogen-bond donors (Lipinski definition) is 1. The van der Waals surface area contributed by atoms with Crippen molar-refractivity contribution in [1.82, 2.24) is 10.2 Å². The Morgan fingerprint density at radius 1 is 0.773 bits per heavy atom. The monoisotopic (exact) mass is 670 g/mol. The van der Waals surface area contributed by atoms with Crippen molar-refractivity contribution < 1.29 is 4.79 Å². The predicted molar refractivity (Wildman–Crippen MR) is 189 cm³/mol. The second-order valence-electron chi connectivity index (χ2n) is 11.9. The Hall–Kier alpha value is -2.27. The fourth-order valence-electron chi connectivity index (χ4n) is 6.63. The summed E-state index contributed by atoms with van der Waals surface area (Å²) in [6, 6.07) is 21.4. The molecule has 3 aromatic carbocycles. The van der Waals surface area contributed by atoms with E-state index in [1.54, 1.807) is 0 Å². The van der Waals surface area contributed by atoms with Crippen LogP contribution in [0.1, 0.15) is 72.9 Å². The molecule has 0 aliphatic carbocycles. The molecule has 2 heterocycles. The van der Waals surface area contributed by atoms with Gasteiger partial charge in [0.25, 0.3) is 5.91 Å². The molecule has 0 saturated carbocycles. The number of piperidine rings is 2. The summed E-state index contributed by atoms with van der Waals surface area (Å²) in [5.41, 5.74) is 3.25. The SMILES string of the molecule is C=CCCC1(c2ccc(Cl)c(Cl)c2)CCCN(C(=O)c2ccccc2)C1.C=CCCC1(c2ccc(Cl)c(Cl)c2)CCCNC1. The summed E-state index contributed by atoms with van der Waals surface area (Å²) in [6.07, 6.45) is 12.3. The van der Waals surface area contributed by atoms with Crippen molar-refractivity contribution in [2.45, 2.75) is 62.2 Å². The Labute approximate surface area is 283 Å². The smallest absolute Gasteiger partial charge is 0.253 e. The lowest BCUT2D eigenvalue weighted by Gasteiger charge is -2.43. The molecule has 0 aromatic heterocycles. The number of rotatable bonds is 9. The first-order valence-corrected chi connectivity index (χ1v) is 16.9. The first-order chi connectivity index (χ1) is 21.2. The maximum Gasteiger partial charge on any atom is 0.253 e. The first-order valence-electron chi connectivity index (χ1n) is 15.4. The second kappa shape index (κ2) is 16.3. The lowest BCUT2D eigenvalue weighted by atomic mass is 9.71. The van der Waals surface area contributed by atoms with Gasteiger partial charge in [0, 0.05) is 36.0 Å². The van der Waals surface area contributed by atoms with Gasteiger partial charge in [0.15, 0.2) is 0 Å². The van der Waals surface area contributed by atoms with Crippen LogP contribution in [-0.4, -0.2) is 37.0 Å². The number of likely N-dealkylation sites (tertiary alicyclic amines) is 1. The molecule has 3 aromatic rings. The van der Waals surface area contributed by atoms with Crippen LogP contribution in [0.2, 0.25) is 20.1 Å². The summed E-state index contributed by atoms with van der Waals surface area (Å²) in [5.74, 6) is 0.0911. The Kier molecular flexibility index (Phi) is 12.8. The van der Waals surface area contributed by atoms with E-state index in [9.17, 15) is 4.79 Å². The molecule has 7 heteroatoms. The minimum absolute atomic E-state index is 0.0911. The van der Waals surface area contributed by atoms with Gasteiger partial charge in [-0.3, -0.25) is 4.79 Å². The average molecular weight is 673 g/mol. The molecular formula is C37H42Cl4N2O. The summed E-state index contributed by atoms with van der Waals surface area (Å²) >= 11 is 24.6. The molecule has 1 amide bonds. The van der Waals surface area contributed by atoms with Crippen LogP contribution in [0, 0.1) is 0 Å². The summed E-state index contributed by atoms with van der Waals surface area (Å²) < 4.78 is 0. The highest BCUT2D eigenvalue weighted by molar-refractivity contribution is 6.42. The largest absolute Gasteiger partial charge is 0.338 e. The fourth-order valence-corrected chi connectivity index (χ4v) is 7.23. The van der Waals surface area contributed by atoms with Crippen LogP contribution in [0.5, 0.6) is 0 Å². The third kappa shape index (κ3) is 8.50. The topological polar surface area (TPSA) is 32.3 Å². The van der Waals surface area contributed by atoms with E-state index in [-0.39, 0.29) is 16.7 Å². The number of carbonyl (C=O) groups is 1. The van der Waals surface area contributed by atoms with Gasteiger partial charge in [-0.25, -0.2) is 0 Å². The van der Waals surface area contributed by atoms with Crippen LogP contribution in [0.15, 0.2) is 92.0 Å². The van der Waals surface area contributed by atoms with Gasteiger partial charge in [-0.05, 0) is 105 Å². The van der Waals surface area contributed by atoms with E-state index < -0.39 is 0 Å². The molecule has 2 fully saturated rings. The zero-order valence-electron chi connectivity index (χ0n) is 25.3. The minimum atomic E-state index is -0.120. The molecule has 2 aliphatic heterocycles. The van der Waals surface area contributed by atoms with Crippen molar-refractivity contribution in [2.75, 3.05) is 26.2 Å². The molecule has 2 atom stereocenters. The molecule has 2 saturated heterocycles. The third-order valence-corrected chi connectivity index (χ3v) is 10.6. The summed E-state index contributed by atoms with van der Waals surface area (Å²) in [6.45, 7) is 11.3. The fraction of sp³-hybridized carbons (Fsp3) is 0.378. The maximum atomic E-state index is 13.0. The van der Waals surface area contributed by atoms with Crippen molar-refractivity contribution in [3.05, 3.63) is 129 Å². The highest BCUT2D eigenvalue weighted by Crippen LogP contribution is 2.41. The van der Waals surface area contributed by atoms with Crippen LogP contribution in [-0.2, 0) is 10.8 Å². The van der Waals surface area contributed by atoms with E-state index >= 15 is 0 Å². The van der Waals surface area contributed by atoms with Gasteiger partial charge >= 0.3 is 0 Å².